The molecule has 0 aromatic heterocycles. The number of ether oxygens (including phenoxy) is 1. The van der Waals surface area contributed by atoms with Crippen molar-refractivity contribution in [2.24, 2.45) is 5.16 Å². The predicted octanol–water partition coefficient (Wildman–Crippen LogP) is 4.63. The summed E-state index contributed by atoms with van der Waals surface area (Å²) >= 11 is 0. The zero-order chi connectivity index (χ0) is 14.7. The highest BCUT2D eigenvalue weighted by molar-refractivity contribution is 6.25. The van der Waals surface area contributed by atoms with Crippen molar-refractivity contribution < 1.29 is 14.3 Å². The number of hydrogen-bond donors (Lipinski definition) is 1. The minimum Gasteiger partial charge on any atom is -0.457 e. The van der Waals surface area contributed by atoms with Crippen molar-refractivity contribution in [1.29, 1.82) is 0 Å². The van der Waals surface area contributed by atoms with Crippen LogP contribution >= 0.6 is 0 Å². The van der Waals surface area contributed by atoms with Crippen molar-refractivity contribution >= 4 is 11.3 Å². The lowest BCUT2D eigenvalue weighted by Crippen LogP contribution is -1.96. The van der Waals surface area contributed by atoms with Crippen LogP contribution in [0.1, 0.15) is 18.4 Å². The molecule has 0 heterocycles. The third kappa shape index (κ3) is 2.94. The van der Waals surface area contributed by atoms with Gasteiger partial charge in [-0.05, 0) is 54.8 Å². The van der Waals surface area contributed by atoms with E-state index in [2.05, 4.69) is 5.16 Å². The van der Waals surface area contributed by atoms with E-state index in [1.807, 2.05) is 30.3 Å². The first-order chi connectivity index (χ1) is 10.3. The Labute approximate surface area is 122 Å². The van der Waals surface area contributed by atoms with E-state index >= 15 is 0 Å². The first-order valence-electron chi connectivity index (χ1n) is 6.71. The number of allylic oxidation sites excluding steroid dienone is 2. The molecule has 3 rings (SSSR count). The van der Waals surface area contributed by atoms with Crippen LogP contribution < -0.4 is 4.74 Å². The van der Waals surface area contributed by atoms with Crippen molar-refractivity contribution in [3.63, 3.8) is 0 Å². The van der Waals surface area contributed by atoms with E-state index in [0.29, 0.717) is 17.2 Å². The predicted molar refractivity (Wildman–Crippen MR) is 79.3 cm³/mol. The maximum absolute atomic E-state index is 12.9. The van der Waals surface area contributed by atoms with E-state index in [4.69, 9.17) is 9.94 Å². The fourth-order valence-electron chi connectivity index (χ4n) is 2.36. The molecule has 0 atom stereocenters. The van der Waals surface area contributed by atoms with Gasteiger partial charge in [-0.3, -0.25) is 0 Å². The van der Waals surface area contributed by atoms with Crippen LogP contribution in [-0.2, 0) is 0 Å². The summed E-state index contributed by atoms with van der Waals surface area (Å²) in [4.78, 5) is 0. The molecule has 0 aliphatic heterocycles. The van der Waals surface area contributed by atoms with Gasteiger partial charge in [-0.15, -0.1) is 0 Å². The second-order valence-corrected chi connectivity index (χ2v) is 4.79. The van der Waals surface area contributed by atoms with E-state index in [-0.39, 0.29) is 5.82 Å². The lowest BCUT2D eigenvalue weighted by atomic mass is 10.0. The molecule has 0 saturated carbocycles. The number of hydrogen-bond acceptors (Lipinski definition) is 3. The quantitative estimate of drug-likeness (QED) is 0.659. The first-order valence-corrected chi connectivity index (χ1v) is 6.71. The average molecular weight is 283 g/mol. The van der Waals surface area contributed by atoms with Crippen LogP contribution in [0.3, 0.4) is 0 Å². The summed E-state index contributed by atoms with van der Waals surface area (Å²) in [7, 11) is 0. The monoisotopic (exact) mass is 283 g/mol. The maximum Gasteiger partial charge on any atom is 0.128 e. The molecular weight excluding hydrogens is 269 g/mol. The van der Waals surface area contributed by atoms with E-state index < -0.39 is 0 Å². The van der Waals surface area contributed by atoms with Crippen molar-refractivity contribution in [3.8, 4) is 11.5 Å². The SMILES string of the molecule is ON=C1CCC=C1c1cccc(Oc2ccc(F)cc2)c1. The van der Waals surface area contributed by atoms with E-state index in [1.54, 1.807) is 12.1 Å². The summed E-state index contributed by atoms with van der Waals surface area (Å²) in [5.41, 5.74) is 2.57. The Bertz CT molecular complexity index is 705. The normalized spacial score (nSPS) is 16.0. The second kappa shape index (κ2) is 5.79. The van der Waals surface area contributed by atoms with Gasteiger partial charge in [0.15, 0.2) is 0 Å². The molecule has 21 heavy (non-hydrogen) atoms. The van der Waals surface area contributed by atoms with Crippen LogP contribution in [0.5, 0.6) is 11.5 Å². The van der Waals surface area contributed by atoms with Crippen LogP contribution in [0.2, 0.25) is 0 Å². The van der Waals surface area contributed by atoms with Gasteiger partial charge in [-0.2, -0.15) is 0 Å². The number of halogens is 1. The van der Waals surface area contributed by atoms with Gasteiger partial charge in [0.2, 0.25) is 0 Å². The number of oxime groups is 1. The van der Waals surface area contributed by atoms with Crippen LogP contribution in [0.25, 0.3) is 5.57 Å². The van der Waals surface area contributed by atoms with Gasteiger partial charge in [-0.25, -0.2) is 4.39 Å². The Morgan fingerprint density at radius 2 is 1.86 bits per heavy atom. The molecule has 0 radical (unpaired) electrons. The van der Waals surface area contributed by atoms with Gasteiger partial charge in [0.1, 0.15) is 17.3 Å². The largest absolute Gasteiger partial charge is 0.457 e. The molecule has 0 unspecified atom stereocenters. The molecule has 1 aliphatic carbocycles. The van der Waals surface area contributed by atoms with Crippen molar-refractivity contribution in [2.75, 3.05) is 0 Å². The third-order valence-corrected chi connectivity index (χ3v) is 3.36. The highest BCUT2D eigenvalue weighted by Gasteiger charge is 2.16. The minimum absolute atomic E-state index is 0.295. The highest BCUT2D eigenvalue weighted by Crippen LogP contribution is 2.29. The fourth-order valence-corrected chi connectivity index (χ4v) is 2.36. The molecule has 1 aliphatic rings. The van der Waals surface area contributed by atoms with Gasteiger partial charge in [0.25, 0.3) is 0 Å². The maximum atomic E-state index is 12.9. The fraction of sp³-hybridized carbons (Fsp3) is 0.118. The Hall–Kier alpha value is -2.62. The van der Waals surface area contributed by atoms with Crippen LogP contribution in [0.15, 0.2) is 59.8 Å². The molecule has 1 N–H and O–H groups in total. The molecule has 4 heteroatoms. The van der Waals surface area contributed by atoms with Gasteiger partial charge < -0.3 is 9.94 Å². The summed E-state index contributed by atoms with van der Waals surface area (Å²) in [5.74, 6) is 0.935. The number of benzene rings is 2. The molecule has 0 amide bonds. The van der Waals surface area contributed by atoms with Crippen LogP contribution in [0, 0.1) is 5.82 Å². The van der Waals surface area contributed by atoms with Gasteiger partial charge in [0.05, 0.1) is 5.71 Å². The molecule has 3 nitrogen and oxygen atoms in total. The Morgan fingerprint density at radius 1 is 1.05 bits per heavy atom. The molecule has 106 valence electrons. The number of rotatable bonds is 3. The van der Waals surface area contributed by atoms with Crippen molar-refractivity contribution in [3.05, 3.63) is 66.0 Å². The van der Waals surface area contributed by atoms with Gasteiger partial charge >= 0.3 is 0 Å². The Balaban J connectivity index is 1.85. The Kier molecular flexibility index (Phi) is 3.69. The first kappa shape index (κ1) is 13.4. The lowest BCUT2D eigenvalue weighted by Gasteiger charge is -2.08. The Morgan fingerprint density at radius 3 is 2.62 bits per heavy atom. The van der Waals surface area contributed by atoms with E-state index in [1.165, 1.54) is 12.1 Å². The summed E-state index contributed by atoms with van der Waals surface area (Å²) < 4.78 is 18.6. The highest BCUT2D eigenvalue weighted by atomic mass is 19.1. The molecule has 2 aromatic rings. The molecule has 0 saturated heterocycles. The van der Waals surface area contributed by atoms with Gasteiger partial charge in [0, 0.05) is 5.57 Å². The van der Waals surface area contributed by atoms with Gasteiger partial charge in [-0.1, -0.05) is 23.4 Å². The average Bonchev–Trinajstić information content (AvgIpc) is 2.98. The van der Waals surface area contributed by atoms with Crippen LogP contribution in [0.4, 0.5) is 4.39 Å². The van der Waals surface area contributed by atoms with Crippen molar-refractivity contribution in [1.82, 2.24) is 0 Å². The topological polar surface area (TPSA) is 41.8 Å². The smallest absolute Gasteiger partial charge is 0.128 e. The van der Waals surface area contributed by atoms with E-state index in [0.717, 1.165) is 24.0 Å². The molecule has 0 fully saturated rings. The molecule has 0 spiro atoms. The lowest BCUT2D eigenvalue weighted by molar-refractivity contribution is 0.319. The molecule has 0 bridgehead atoms. The van der Waals surface area contributed by atoms with Crippen LogP contribution in [-0.4, -0.2) is 10.9 Å². The summed E-state index contributed by atoms with van der Waals surface area (Å²) in [5, 5.41) is 12.3. The molecule has 2 aromatic carbocycles. The zero-order valence-corrected chi connectivity index (χ0v) is 11.3. The minimum atomic E-state index is -0.295. The van der Waals surface area contributed by atoms with Crippen molar-refractivity contribution in [2.45, 2.75) is 12.8 Å². The zero-order valence-electron chi connectivity index (χ0n) is 11.3. The molecular formula is C17H14FNO2. The second-order valence-electron chi connectivity index (χ2n) is 4.79. The summed E-state index contributed by atoms with van der Waals surface area (Å²) in [6, 6.07) is 13.4. The van der Waals surface area contributed by atoms with E-state index in [9.17, 15) is 4.39 Å². The third-order valence-electron chi connectivity index (χ3n) is 3.36. The standard InChI is InChI=1S/C17H14FNO2/c18-13-7-9-14(10-8-13)21-15-4-1-3-12(11-15)16-5-2-6-17(16)19-20/h1,3-5,7-11,20H,2,6H2. The summed E-state index contributed by atoms with van der Waals surface area (Å²) in [6.07, 6.45) is 3.67. The summed E-state index contributed by atoms with van der Waals surface area (Å²) in [6.45, 7) is 0. The number of nitrogens with zero attached hydrogens (tertiary/aromatic N) is 1.